The summed E-state index contributed by atoms with van der Waals surface area (Å²) in [6.07, 6.45) is 0. The van der Waals surface area contributed by atoms with Crippen LogP contribution in [0.2, 0.25) is 0 Å². The highest BCUT2D eigenvalue weighted by atomic mass is 16.5. The minimum atomic E-state index is -0.690. The van der Waals surface area contributed by atoms with Crippen molar-refractivity contribution < 1.29 is 14.3 Å². The number of hydrogen-bond donors (Lipinski definition) is 1. The first kappa shape index (κ1) is 16.5. The summed E-state index contributed by atoms with van der Waals surface area (Å²) in [6, 6.07) is 9.35. The number of rotatable bonds is 6. The Morgan fingerprint density at radius 2 is 2.00 bits per heavy atom. The average Bonchev–Trinajstić information content (AvgIpc) is 2.57. The highest BCUT2D eigenvalue weighted by Gasteiger charge is 2.22. The Balaban J connectivity index is 2.41. The number of hydrogen-bond acceptors (Lipinski definition) is 6. The highest BCUT2D eigenvalue weighted by molar-refractivity contribution is 5.90. The lowest BCUT2D eigenvalue weighted by molar-refractivity contribution is 0.0513. The van der Waals surface area contributed by atoms with E-state index in [-0.39, 0.29) is 30.6 Å². The van der Waals surface area contributed by atoms with Crippen molar-refractivity contribution in [3.8, 4) is 5.75 Å². The molecule has 0 bridgehead atoms. The van der Waals surface area contributed by atoms with E-state index >= 15 is 0 Å². The molecule has 0 aliphatic carbocycles. The lowest BCUT2D eigenvalue weighted by atomic mass is 10.2. The van der Waals surface area contributed by atoms with Crippen LogP contribution in [0.25, 0.3) is 0 Å². The second-order valence-corrected chi connectivity index (χ2v) is 4.72. The summed E-state index contributed by atoms with van der Waals surface area (Å²) in [5.74, 6) is -0.552. The smallest absolute Gasteiger partial charge is 0.361 e. The third kappa shape index (κ3) is 3.68. The van der Waals surface area contributed by atoms with E-state index in [1.54, 1.807) is 21.0 Å². The molecule has 0 aliphatic rings. The van der Waals surface area contributed by atoms with Gasteiger partial charge in [0.1, 0.15) is 6.61 Å². The Morgan fingerprint density at radius 1 is 1.30 bits per heavy atom. The molecule has 1 heterocycles. The van der Waals surface area contributed by atoms with Crippen molar-refractivity contribution in [2.75, 3.05) is 19.0 Å². The van der Waals surface area contributed by atoms with Crippen LogP contribution in [0, 0.1) is 0 Å². The van der Waals surface area contributed by atoms with Gasteiger partial charge in [0.25, 0.3) is 5.56 Å². The number of nitrogens with zero attached hydrogens (tertiary/aromatic N) is 2. The summed E-state index contributed by atoms with van der Waals surface area (Å²) in [5, 5.41) is 2.76. The van der Waals surface area contributed by atoms with Gasteiger partial charge in [-0.2, -0.15) is 0 Å². The van der Waals surface area contributed by atoms with Crippen molar-refractivity contribution in [1.82, 2.24) is 9.55 Å². The standard InChI is InChI=1S/C16H19N3O4/c1-4-22-15(21)12-13(14(20)19(3)16(17-2)18-12)23-10-11-8-6-5-7-9-11/h5-9H,4,10H2,1-3H3,(H,17,18). The van der Waals surface area contributed by atoms with E-state index < -0.39 is 11.5 Å². The van der Waals surface area contributed by atoms with Crippen molar-refractivity contribution in [2.24, 2.45) is 7.05 Å². The molecule has 1 aromatic carbocycles. The Hall–Kier alpha value is -2.83. The molecule has 2 aromatic rings. The van der Waals surface area contributed by atoms with E-state index in [9.17, 15) is 9.59 Å². The van der Waals surface area contributed by atoms with E-state index in [1.807, 2.05) is 30.3 Å². The second kappa shape index (κ2) is 7.44. The molecule has 7 heteroatoms. The van der Waals surface area contributed by atoms with E-state index in [1.165, 1.54) is 4.57 Å². The molecule has 0 radical (unpaired) electrons. The Kier molecular flexibility index (Phi) is 5.35. The van der Waals surface area contributed by atoms with Gasteiger partial charge < -0.3 is 14.8 Å². The number of benzene rings is 1. The van der Waals surface area contributed by atoms with Crippen LogP contribution in [0.3, 0.4) is 0 Å². The van der Waals surface area contributed by atoms with Crippen LogP contribution in [-0.2, 0) is 18.4 Å². The summed E-state index contributed by atoms with van der Waals surface area (Å²) < 4.78 is 11.8. The van der Waals surface area contributed by atoms with E-state index in [0.717, 1.165) is 5.56 Å². The molecule has 23 heavy (non-hydrogen) atoms. The van der Waals surface area contributed by atoms with Crippen LogP contribution in [0.5, 0.6) is 5.75 Å². The topological polar surface area (TPSA) is 82.5 Å². The number of nitrogens with one attached hydrogen (secondary N) is 1. The van der Waals surface area contributed by atoms with Crippen LogP contribution >= 0.6 is 0 Å². The zero-order valence-electron chi connectivity index (χ0n) is 13.3. The third-order valence-electron chi connectivity index (χ3n) is 3.17. The van der Waals surface area contributed by atoms with Crippen molar-refractivity contribution in [1.29, 1.82) is 0 Å². The minimum Gasteiger partial charge on any atom is -0.481 e. The molecule has 0 fully saturated rings. The summed E-state index contributed by atoms with van der Waals surface area (Å²) in [4.78, 5) is 28.7. The molecule has 1 N–H and O–H groups in total. The van der Waals surface area contributed by atoms with E-state index in [2.05, 4.69) is 10.3 Å². The molecular weight excluding hydrogens is 298 g/mol. The van der Waals surface area contributed by atoms with Crippen LogP contribution < -0.4 is 15.6 Å². The second-order valence-electron chi connectivity index (χ2n) is 4.72. The molecule has 122 valence electrons. The lowest BCUT2D eigenvalue weighted by Gasteiger charge is -2.14. The zero-order valence-corrected chi connectivity index (χ0v) is 13.3. The monoisotopic (exact) mass is 317 g/mol. The van der Waals surface area contributed by atoms with Crippen molar-refractivity contribution >= 4 is 11.9 Å². The number of carbonyl (C=O) groups is 1. The molecule has 7 nitrogen and oxygen atoms in total. The lowest BCUT2D eigenvalue weighted by Crippen LogP contribution is -2.27. The molecular formula is C16H19N3O4. The fourth-order valence-electron chi connectivity index (χ4n) is 2.00. The van der Waals surface area contributed by atoms with Crippen molar-refractivity contribution in [3.63, 3.8) is 0 Å². The first-order valence-corrected chi connectivity index (χ1v) is 7.21. The molecule has 0 atom stereocenters. The Labute approximate surface area is 133 Å². The number of aromatic nitrogens is 2. The van der Waals surface area contributed by atoms with Gasteiger partial charge in [0.05, 0.1) is 6.61 Å². The van der Waals surface area contributed by atoms with Crippen LogP contribution in [-0.4, -0.2) is 29.2 Å². The van der Waals surface area contributed by atoms with Crippen LogP contribution in [0.1, 0.15) is 23.0 Å². The number of carbonyl (C=O) groups excluding carboxylic acids is 1. The SMILES string of the molecule is CCOC(=O)c1nc(NC)n(C)c(=O)c1OCc1ccccc1. The summed E-state index contributed by atoms with van der Waals surface area (Å²) in [5.41, 5.74) is 0.292. The quantitative estimate of drug-likeness (QED) is 0.815. The molecule has 0 aliphatic heterocycles. The van der Waals surface area contributed by atoms with Gasteiger partial charge in [0.2, 0.25) is 11.7 Å². The van der Waals surface area contributed by atoms with Gasteiger partial charge in [-0.25, -0.2) is 9.78 Å². The largest absolute Gasteiger partial charge is 0.481 e. The van der Waals surface area contributed by atoms with Crippen LogP contribution in [0.15, 0.2) is 35.1 Å². The van der Waals surface area contributed by atoms with Gasteiger partial charge in [-0.1, -0.05) is 30.3 Å². The fourth-order valence-corrected chi connectivity index (χ4v) is 2.00. The Bertz CT molecular complexity index is 741. The zero-order chi connectivity index (χ0) is 16.8. The van der Waals surface area contributed by atoms with Crippen molar-refractivity contribution in [2.45, 2.75) is 13.5 Å². The molecule has 0 unspecified atom stereocenters. The summed E-state index contributed by atoms with van der Waals surface area (Å²) >= 11 is 0. The fraction of sp³-hybridized carbons (Fsp3) is 0.312. The summed E-state index contributed by atoms with van der Waals surface area (Å²) in [7, 11) is 3.16. The summed E-state index contributed by atoms with van der Waals surface area (Å²) in [6.45, 7) is 2.02. The number of ether oxygens (including phenoxy) is 2. The predicted molar refractivity (Wildman–Crippen MR) is 85.8 cm³/mol. The van der Waals surface area contributed by atoms with Gasteiger partial charge >= 0.3 is 5.97 Å². The van der Waals surface area contributed by atoms with Crippen LogP contribution in [0.4, 0.5) is 5.95 Å². The Morgan fingerprint density at radius 3 is 2.61 bits per heavy atom. The number of anilines is 1. The molecule has 0 saturated heterocycles. The number of esters is 1. The first-order valence-electron chi connectivity index (χ1n) is 7.21. The maximum absolute atomic E-state index is 12.4. The van der Waals surface area contributed by atoms with Crippen molar-refractivity contribution in [3.05, 3.63) is 51.9 Å². The highest BCUT2D eigenvalue weighted by Crippen LogP contribution is 2.16. The molecule has 0 spiro atoms. The maximum Gasteiger partial charge on any atom is 0.361 e. The third-order valence-corrected chi connectivity index (χ3v) is 3.17. The van der Waals surface area contributed by atoms with Gasteiger partial charge in [0, 0.05) is 14.1 Å². The maximum atomic E-state index is 12.4. The van der Waals surface area contributed by atoms with Gasteiger partial charge in [-0.15, -0.1) is 0 Å². The molecule has 0 amide bonds. The normalized spacial score (nSPS) is 10.2. The molecule has 0 saturated carbocycles. The average molecular weight is 317 g/mol. The minimum absolute atomic E-state index is 0.117. The molecule has 2 rings (SSSR count). The van der Waals surface area contributed by atoms with E-state index in [4.69, 9.17) is 9.47 Å². The van der Waals surface area contributed by atoms with E-state index in [0.29, 0.717) is 0 Å². The van der Waals surface area contributed by atoms with Gasteiger partial charge in [0.15, 0.2) is 5.69 Å². The first-order chi connectivity index (χ1) is 11.1. The van der Waals surface area contributed by atoms with Gasteiger partial charge in [-0.3, -0.25) is 9.36 Å². The predicted octanol–water partition coefficient (Wildman–Crippen LogP) is 1.58. The van der Waals surface area contributed by atoms with Gasteiger partial charge in [-0.05, 0) is 12.5 Å². The molecule has 1 aromatic heterocycles.